The zero-order valence-corrected chi connectivity index (χ0v) is 19.3. The number of nitrogens with zero attached hydrogens (tertiary/aromatic N) is 4. The summed E-state index contributed by atoms with van der Waals surface area (Å²) < 4.78 is 7.33. The minimum absolute atomic E-state index is 0.327. The van der Waals surface area contributed by atoms with Gasteiger partial charge in [-0.15, -0.1) is 0 Å². The average molecular weight is 473 g/mol. The summed E-state index contributed by atoms with van der Waals surface area (Å²) in [4.78, 5) is 19.0. The number of benzene rings is 2. The number of aromatic nitrogens is 3. The van der Waals surface area contributed by atoms with Crippen LogP contribution in [0.2, 0.25) is 0 Å². The van der Waals surface area contributed by atoms with E-state index in [1.54, 1.807) is 0 Å². The molecule has 0 aliphatic carbocycles. The van der Waals surface area contributed by atoms with Crippen molar-refractivity contribution >= 4 is 28.7 Å². The lowest BCUT2D eigenvalue weighted by atomic mass is 10.1. The number of nitrogen functional groups attached to an aromatic ring is 1. The Hall–Kier alpha value is -3.99. The molecule has 0 radical (unpaired) electrons. The number of morpholine rings is 1. The van der Waals surface area contributed by atoms with Crippen molar-refractivity contribution in [3.63, 3.8) is 0 Å². The molecule has 0 bridgehead atoms. The summed E-state index contributed by atoms with van der Waals surface area (Å²) in [5.74, 6) is 0.421. The van der Waals surface area contributed by atoms with Gasteiger partial charge in [-0.2, -0.15) is 5.10 Å². The van der Waals surface area contributed by atoms with Crippen LogP contribution in [0, 0.1) is 0 Å². The molecule has 0 saturated carbocycles. The predicted octanol–water partition coefficient (Wildman–Crippen LogP) is 2.91. The van der Waals surface area contributed by atoms with E-state index in [2.05, 4.69) is 31.7 Å². The molecule has 180 valence electrons. The molecule has 10 nitrogen and oxygen atoms in total. The first-order valence-electron chi connectivity index (χ1n) is 11.5. The molecule has 6 N–H and O–H groups in total. The van der Waals surface area contributed by atoms with E-state index >= 15 is 0 Å². The Balaban J connectivity index is 1.35. The van der Waals surface area contributed by atoms with Crippen molar-refractivity contribution in [3.05, 3.63) is 72.2 Å². The van der Waals surface area contributed by atoms with Gasteiger partial charge < -0.3 is 26.8 Å². The first-order valence-corrected chi connectivity index (χ1v) is 11.5. The Kier molecular flexibility index (Phi) is 6.57. The number of anilines is 3. The molecule has 0 unspecified atom stereocenters. The Morgan fingerprint density at radius 3 is 2.57 bits per heavy atom. The Bertz CT molecular complexity index is 1330. The third kappa shape index (κ3) is 5.09. The fourth-order valence-electron chi connectivity index (χ4n) is 4.26. The lowest BCUT2D eigenvalue weighted by molar-refractivity contribution is 0.0334. The van der Waals surface area contributed by atoms with Crippen molar-refractivity contribution in [2.45, 2.75) is 13.1 Å². The highest BCUT2D eigenvalue weighted by Gasteiger charge is 2.18. The van der Waals surface area contributed by atoms with Crippen LogP contribution in [0.25, 0.3) is 16.6 Å². The van der Waals surface area contributed by atoms with Gasteiger partial charge in [0.1, 0.15) is 11.8 Å². The van der Waals surface area contributed by atoms with E-state index < -0.39 is 0 Å². The van der Waals surface area contributed by atoms with Crippen LogP contribution in [0.3, 0.4) is 0 Å². The first-order chi connectivity index (χ1) is 17.1. The van der Waals surface area contributed by atoms with Gasteiger partial charge in [0.2, 0.25) is 0 Å². The van der Waals surface area contributed by atoms with Gasteiger partial charge in [0.25, 0.3) is 0 Å². The van der Waals surface area contributed by atoms with Crippen LogP contribution < -0.4 is 22.1 Å². The van der Waals surface area contributed by atoms with Gasteiger partial charge in [0.15, 0.2) is 5.82 Å². The van der Waals surface area contributed by atoms with Crippen molar-refractivity contribution in [2.24, 2.45) is 5.73 Å². The second-order valence-corrected chi connectivity index (χ2v) is 8.40. The number of carbonyl (C=O) groups is 1. The van der Waals surface area contributed by atoms with Crippen molar-refractivity contribution in [1.29, 1.82) is 0 Å². The number of amides is 2. The molecule has 1 aliphatic heterocycles. The summed E-state index contributed by atoms with van der Waals surface area (Å²) in [5.41, 5.74) is 17.9. The number of nitrogens with one attached hydrogen (secondary N) is 2. The number of nitrogens with two attached hydrogens (primary N) is 2. The molecule has 1 fully saturated rings. The molecule has 5 rings (SSSR count). The van der Waals surface area contributed by atoms with Gasteiger partial charge in [-0.1, -0.05) is 24.3 Å². The molecule has 0 spiro atoms. The molecule has 4 aromatic rings. The summed E-state index contributed by atoms with van der Waals surface area (Å²) in [6, 6.07) is 16.8. The highest BCUT2D eigenvalue weighted by Crippen LogP contribution is 2.31. The summed E-state index contributed by atoms with van der Waals surface area (Å²) in [6.07, 6.45) is 1.48. The van der Waals surface area contributed by atoms with Crippen molar-refractivity contribution in [2.75, 3.05) is 42.7 Å². The van der Waals surface area contributed by atoms with E-state index in [1.165, 1.54) is 6.33 Å². The smallest absolute Gasteiger partial charge is 0.323 e. The second-order valence-electron chi connectivity index (χ2n) is 8.40. The van der Waals surface area contributed by atoms with Crippen LogP contribution in [-0.4, -0.2) is 51.8 Å². The van der Waals surface area contributed by atoms with E-state index in [1.807, 2.05) is 53.0 Å². The van der Waals surface area contributed by atoms with E-state index in [0.717, 1.165) is 60.7 Å². The SMILES string of the molecule is NCc1cccc(NC(=O)Nc2ccc(-c3cc(CN4CCOCC4)n4ncnc(N)c34)cc2)c1. The third-order valence-electron chi connectivity index (χ3n) is 6.02. The molecule has 0 atom stereocenters. The zero-order valence-electron chi connectivity index (χ0n) is 19.3. The van der Waals surface area contributed by atoms with Crippen LogP contribution in [0.1, 0.15) is 11.3 Å². The first kappa shape index (κ1) is 22.8. The van der Waals surface area contributed by atoms with Gasteiger partial charge in [-0.25, -0.2) is 14.3 Å². The van der Waals surface area contributed by atoms with Gasteiger partial charge >= 0.3 is 6.03 Å². The molecule has 2 amide bonds. The Morgan fingerprint density at radius 1 is 1.03 bits per heavy atom. The fraction of sp³-hybridized carbons (Fsp3) is 0.240. The summed E-state index contributed by atoms with van der Waals surface area (Å²) >= 11 is 0. The standard InChI is InChI=1S/C25H28N8O2/c26-14-17-2-1-3-20(12-17)31-25(34)30-19-6-4-18(5-7-19)22-13-21(15-32-8-10-35-11-9-32)33-23(22)24(27)28-16-29-33/h1-7,12-13,16H,8-11,14-15,26H2,(H2,27,28,29)(H2,30,31,34). The zero-order chi connectivity index (χ0) is 24.2. The summed E-state index contributed by atoms with van der Waals surface area (Å²) in [7, 11) is 0. The molecule has 35 heavy (non-hydrogen) atoms. The monoisotopic (exact) mass is 472 g/mol. The molecule has 1 saturated heterocycles. The van der Waals surface area contributed by atoms with Gasteiger partial charge in [-0.05, 0) is 41.5 Å². The Labute approximate surface area is 202 Å². The van der Waals surface area contributed by atoms with Crippen LogP contribution in [0.4, 0.5) is 22.0 Å². The molecular formula is C25H28N8O2. The van der Waals surface area contributed by atoms with Crippen molar-refractivity contribution < 1.29 is 9.53 Å². The van der Waals surface area contributed by atoms with Crippen LogP contribution in [0.15, 0.2) is 60.9 Å². The fourth-order valence-corrected chi connectivity index (χ4v) is 4.26. The molecule has 10 heteroatoms. The lowest BCUT2D eigenvalue weighted by Gasteiger charge is -2.26. The molecular weight excluding hydrogens is 444 g/mol. The van der Waals surface area contributed by atoms with E-state index in [9.17, 15) is 4.79 Å². The van der Waals surface area contributed by atoms with Gasteiger partial charge in [-0.3, -0.25) is 4.90 Å². The number of rotatable bonds is 6. The van der Waals surface area contributed by atoms with E-state index in [0.29, 0.717) is 23.7 Å². The van der Waals surface area contributed by atoms with Crippen LogP contribution >= 0.6 is 0 Å². The maximum absolute atomic E-state index is 12.4. The van der Waals surface area contributed by atoms with Crippen molar-refractivity contribution in [3.8, 4) is 11.1 Å². The number of fused-ring (bicyclic) bond motifs is 1. The predicted molar refractivity (Wildman–Crippen MR) is 136 cm³/mol. The number of urea groups is 1. The topological polar surface area (TPSA) is 136 Å². The maximum Gasteiger partial charge on any atom is 0.323 e. The highest BCUT2D eigenvalue weighted by molar-refractivity contribution is 6.00. The minimum Gasteiger partial charge on any atom is -0.382 e. The summed E-state index contributed by atoms with van der Waals surface area (Å²) in [6.45, 7) is 4.37. The van der Waals surface area contributed by atoms with Gasteiger partial charge in [0, 0.05) is 43.1 Å². The van der Waals surface area contributed by atoms with Crippen LogP contribution in [0.5, 0.6) is 0 Å². The number of hydrogen-bond donors (Lipinski definition) is 4. The normalized spacial score (nSPS) is 14.2. The van der Waals surface area contributed by atoms with Crippen LogP contribution in [-0.2, 0) is 17.8 Å². The molecule has 3 heterocycles. The third-order valence-corrected chi connectivity index (χ3v) is 6.02. The van der Waals surface area contributed by atoms with E-state index in [-0.39, 0.29) is 6.03 Å². The number of hydrogen-bond acceptors (Lipinski definition) is 7. The molecule has 2 aromatic carbocycles. The van der Waals surface area contributed by atoms with Crippen molar-refractivity contribution in [1.82, 2.24) is 19.5 Å². The summed E-state index contributed by atoms with van der Waals surface area (Å²) in [5, 5.41) is 10.1. The average Bonchev–Trinajstić information content (AvgIpc) is 3.24. The van der Waals surface area contributed by atoms with E-state index in [4.69, 9.17) is 16.2 Å². The Morgan fingerprint density at radius 2 is 1.80 bits per heavy atom. The number of ether oxygens (including phenoxy) is 1. The number of carbonyl (C=O) groups excluding carboxylic acids is 1. The quantitative estimate of drug-likeness (QED) is 0.339. The molecule has 1 aliphatic rings. The highest BCUT2D eigenvalue weighted by atomic mass is 16.5. The molecule has 2 aromatic heterocycles. The van der Waals surface area contributed by atoms with Gasteiger partial charge in [0.05, 0.1) is 18.9 Å². The lowest BCUT2D eigenvalue weighted by Crippen LogP contribution is -2.36. The second kappa shape index (κ2) is 10.1. The largest absolute Gasteiger partial charge is 0.382 e. The minimum atomic E-state index is -0.327. The maximum atomic E-state index is 12.4.